The van der Waals surface area contributed by atoms with Crippen LogP contribution in [-0.4, -0.2) is 21.6 Å². The van der Waals surface area contributed by atoms with E-state index in [-0.39, 0.29) is 5.41 Å². The third kappa shape index (κ3) is 3.44. The summed E-state index contributed by atoms with van der Waals surface area (Å²) in [6.07, 6.45) is -1.82. The van der Waals surface area contributed by atoms with Gasteiger partial charge in [0.25, 0.3) is 0 Å². The number of hydrogen-bond donors (Lipinski definition) is 3. The Kier molecular flexibility index (Phi) is 4.58. The Hall–Kier alpha value is -0.580. The van der Waals surface area contributed by atoms with E-state index < -0.39 is 12.2 Å². The van der Waals surface area contributed by atoms with Crippen LogP contribution in [-0.2, 0) is 5.41 Å². The predicted octanol–water partition coefficient (Wildman–Crippen LogP) is 2.36. The van der Waals surface area contributed by atoms with Crippen molar-refractivity contribution in [3.63, 3.8) is 0 Å². The molecule has 2 unspecified atom stereocenters. The molecule has 2 atom stereocenters. The fourth-order valence-electron chi connectivity index (χ4n) is 1.59. The molecule has 0 bridgehead atoms. The number of halogens is 1. The summed E-state index contributed by atoms with van der Waals surface area (Å²) in [5.41, 5.74) is 8.01. The highest BCUT2D eigenvalue weighted by molar-refractivity contribution is 9.09. The van der Waals surface area contributed by atoms with Crippen molar-refractivity contribution < 1.29 is 10.2 Å². The average molecular weight is 302 g/mol. The van der Waals surface area contributed by atoms with E-state index in [1.54, 1.807) is 6.07 Å². The van der Waals surface area contributed by atoms with Gasteiger partial charge in [0, 0.05) is 16.6 Å². The second-order valence-electron chi connectivity index (χ2n) is 5.26. The lowest BCUT2D eigenvalue weighted by Crippen LogP contribution is -2.21. The molecule has 0 radical (unpaired) electrons. The van der Waals surface area contributed by atoms with Crippen molar-refractivity contribution >= 4 is 21.6 Å². The zero-order valence-electron chi connectivity index (χ0n) is 10.4. The third-order valence-electron chi connectivity index (χ3n) is 2.79. The summed E-state index contributed by atoms with van der Waals surface area (Å²) in [6, 6.07) is 5.60. The van der Waals surface area contributed by atoms with Crippen LogP contribution in [0.3, 0.4) is 0 Å². The summed E-state index contributed by atoms with van der Waals surface area (Å²) in [5.74, 6) is 0. The van der Waals surface area contributed by atoms with Crippen molar-refractivity contribution in [1.29, 1.82) is 0 Å². The van der Waals surface area contributed by atoms with Gasteiger partial charge in [-0.1, -0.05) is 48.8 Å². The molecule has 0 aliphatic carbocycles. The first-order valence-electron chi connectivity index (χ1n) is 5.59. The van der Waals surface area contributed by atoms with Gasteiger partial charge in [0.2, 0.25) is 0 Å². The predicted molar refractivity (Wildman–Crippen MR) is 74.3 cm³/mol. The van der Waals surface area contributed by atoms with E-state index in [0.29, 0.717) is 16.6 Å². The fraction of sp³-hybridized carbons (Fsp3) is 0.538. The molecule has 0 heterocycles. The molecule has 96 valence electrons. The number of nitrogen functional groups attached to an aromatic ring is 1. The lowest BCUT2D eigenvalue weighted by Gasteiger charge is -2.23. The topological polar surface area (TPSA) is 66.5 Å². The van der Waals surface area contributed by atoms with Crippen LogP contribution in [0.25, 0.3) is 0 Å². The second-order valence-corrected chi connectivity index (χ2v) is 5.91. The largest absolute Gasteiger partial charge is 0.398 e. The van der Waals surface area contributed by atoms with Gasteiger partial charge in [-0.2, -0.15) is 0 Å². The number of alkyl halides is 1. The van der Waals surface area contributed by atoms with Gasteiger partial charge in [-0.3, -0.25) is 0 Å². The van der Waals surface area contributed by atoms with E-state index in [1.165, 1.54) is 0 Å². The van der Waals surface area contributed by atoms with E-state index in [0.717, 1.165) is 5.56 Å². The normalized spacial score (nSPS) is 15.6. The summed E-state index contributed by atoms with van der Waals surface area (Å²) < 4.78 is 0. The molecule has 0 amide bonds. The van der Waals surface area contributed by atoms with Gasteiger partial charge in [0.05, 0.1) is 6.10 Å². The van der Waals surface area contributed by atoms with Gasteiger partial charge in [-0.05, 0) is 17.0 Å². The summed E-state index contributed by atoms with van der Waals surface area (Å²) in [6.45, 7) is 6.28. The molecule has 3 nitrogen and oxygen atoms in total. The zero-order valence-corrected chi connectivity index (χ0v) is 12.0. The Morgan fingerprint density at radius 1 is 1.29 bits per heavy atom. The number of anilines is 1. The highest BCUT2D eigenvalue weighted by Crippen LogP contribution is 2.30. The third-order valence-corrected chi connectivity index (χ3v) is 3.46. The minimum absolute atomic E-state index is 0.0124. The molecule has 4 N–H and O–H groups in total. The average Bonchev–Trinajstić information content (AvgIpc) is 2.26. The van der Waals surface area contributed by atoms with Crippen LogP contribution in [0.1, 0.15) is 38.0 Å². The van der Waals surface area contributed by atoms with Crippen LogP contribution in [0.4, 0.5) is 5.69 Å². The SMILES string of the molecule is CC(C)(C)c1ccc(N)c(C(O)C(O)CBr)c1. The Morgan fingerprint density at radius 3 is 2.35 bits per heavy atom. The maximum Gasteiger partial charge on any atom is 0.108 e. The van der Waals surface area contributed by atoms with Crippen molar-refractivity contribution in [2.75, 3.05) is 11.1 Å². The molecule has 1 aromatic rings. The minimum Gasteiger partial charge on any atom is -0.398 e. The monoisotopic (exact) mass is 301 g/mol. The Morgan fingerprint density at radius 2 is 1.88 bits per heavy atom. The van der Waals surface area contributed by atoms with E-state index in [1.807, 2.05) is 12.1 Å². The molecule has 1 rings (SSSR count). The number of aliphatic hydroxyl groups excluding tert-OH is 2. The minimum atomic E-state index is -0.961. The molecule has 0 saturated carbocycles. The first kappa shape index (κ1) is 14.5. The molecule has 1 aromatic carbocycles. The molecular formula is C13H20BrNO2. The summed E-state index contributed by atoms with van der Waals surface area (Å²) in [5, 5.41) is 20.0. The highest BCUT2D eigenvalue weighted by Gasteiger charge is 2.22. The lowest BCUT2D eigenvalue weighted by atomic mass is 9.85. The number of aliphatic hydroxyl groups is 2. The van der Waals surface area contributed by atoms with Crippen molar-refractivity contribution in [3.8, 4) is 0 Å². The smallest absolute Gasteiger partial charge is 0.108 e. The molecule has 0 aliphatic rings. The molecule has 0 aromatic heterocycles. The van der Waals surface area contributed by atoms with Crippen molar-refractivity contribution in [2.24, 2.45) is 0 Å². The molecule has 0 spiro atoms. The first-order chi connectivity index (χ1) is 7.77. The number of benzene rings is 1. The van der Waals surface area contributed by atoms with Crippen LogP contribution in [0.5, 0.6) is 0 Å². The Labute approximate surface area is 111 Å². The Bertz CT molecular complexity index is 387. The molecule has 0 saturated heterocycles. The standard InChI is InChI=1S/C13H20BrNO2/c1-13(2,3)8-4-5-10(15)9(6-8)12(17)11(16)7-14/h4-6,11-12,16-17H,7,15H2,1-3H3. The highest BCUT2D eigenvalue weighted by atomic mass is 79.9. The summed E-state index contributed by atoms with van der Waals surface area (Å²) >= 11 is 3.14. The van der Waals surface area contributed by atoms with Crippen LogP contribution in [0, 0.1) is 0 Å². The lowest BCUT2D eigenvalue weighted by molar-refractivity contribution is 0.0346. The van der Waals surface area contributed by atoms with Gasteiger partial charge >= 0.3 is 0 Å². The Balaban J connectivity index is 3.15. The first-order valence-corrected chi connectivity index (χ1v) is 6.71. The van der Waals surface area contributed by atoms with Crippen molar-refractivity contribution in [3.05, 3.63) is 29.3 Å². The van der Waals surface area contributed by atoms with E-state index in [9.17, 15) is 10.2 Å². The molecule has 17 heavy (non-hydrogen) atoms. The molecule has 4 heteroatoms. The van der Waals surface area contributed by atoms with Crippen LogP contribution in [0.15, 0.2) is 18.2 Å². The van der Waals surface area contributed by atoms with Gasteiger partial charge in [-0.15, -0.1) is 0 Å². The second kappa shape index (κ2) is 5.38. The van der Waals surface area contributed by atoms with E-state index in [2.05, 4.69) is 36.7 Å². The number of hydrogen-bond acceptors (Lipinski definition) is 3. The fourth-order valence-corrected chi connectivity index (χ4v) is 1.94. The molecule has 0 fully saturated rings. The van der Waals surface area contributed by atoms with E-state index in [4.69, 9.17) is 5.73 Å². The van der Waals surface area contributed by atoms with Gasteiger partial charge < -0.3 is 15.9 Å². The van der Waals surface area contributed by atoms with Crippen LogP contribution < -0.4 is 5.73 Å². The maximum atomic E-state index is 10.0. The quantitative estimate of drug-likeness (QED) is 0.593. The van der Waals surface area contributed by atoms with E-state index >= 15 is 0 Å². The number of nitrogens with two attached hydrogens (primary N) is 1. The number of rotatable bonds is 3. The van der Waals surface area contributed by atoms with Crippen molar-refractivity contribution in [1.82, 2.24) is 0 Å². The summed E-state index contributed by atoms with van der Waals surface area (Å²) in [7, 11) is 0. The van der Waals surface area contributed by atoms with Gasteiger partial charge in [-0.25, -0.2) is 0 Å². The summed E-state index contributed by atoms with van der Waals surface area (Å²) in [4.78, 5) is 0. The van der Waals surface area contributed by atoms with Crippen LogP contribution >= 0.6 is 15.9 Å². The van der Waals surface area contributed by atoms with Crippen LogP contribution in [0.2, 0.25) is 0 Å². The molecular weight excluding hydrogens is 282 g/mol. The van der Waals surface area contributed by atoms with Gasteiger partial charge in [0.15, 0.2) is 0 Å². The molecule has 0 aliphatic heterocycles. The van der Waals surface area contributed by atoms with Gasteiger partial charge in [0.1, 0.15) is 6.10 Å². The maximum absolute atomic E-state index is 10.0. The van der Waals surface area contributed by atoms with Crippen molar-refractivity contribution in [2.45, 2.75) is 38.4 Å². The zero-order chi connectivity index (χ0) is 13.2.